The topological polar surface area (TPSA) is 126 Å². The predicted molar refractivity (Wildman–Crippen MR) is 107 cm³/mol. The largest absolute Gasteiger partial charge is 0.493 e. The van der Waals surface area contributed by atoms with Gasteiger partial charge in [-0.25, -0.2) is 14.8 Å². The first-order chi connectivity index (χ1) is 14.0. The molecule has 9 nitrogen and oxygen atoms in total. The summed E-state index contributed by atoms with van der Waals surface area (Å²) in [7, 11) is 0. The molecular weight excluding hydrogens is 376 g/mol. The number of para-hydroxylation sites is 2. The molecule has 9 heteroatoms. The lowest BCUT2D eigenvalue weighted by molar-refractivity contribution is 0.0955. The summed E-state index contributed by atoms with van der Waals surface area (Å²) in [6, 6.07) is 14.9. The molecule has 1 heterocycles. The van der Waals surface area contributed by atoms with Crippen LogP contribution in [0.1, 0.15) is 22.8 Å². The Kier molecular flexibility index (Phi) is 5.88. The third-order valence-corrected chi connectivity index (χ3v) is 3.92. The summed E-state index contributed by atoms with van der Waals surface area (Å²) >= 11 is 0. The van der Waals surface area contributed by atoms with Crippen LogP contribution in [0.5, 0.6) is 11.6 Å². The van der Waals surface area contributed by atoms with E-state index in [9.17, 15) is 19.5 Å². The molecule has 0 aliphatic heterocycles. The molecule has 3 rings (SSSR count). The van der Waals surface area contributed by atoms with E-state index in [1.165, 1.54) is 0 Å². The number of rotatable bonds is 6. The van der Waals surface area contributed by atoms with E-state index in [4.69, 9.17) is 4.74 Å². The molecule has 3 N–H and O–H groups in total. The van der Waals surface area contributed by atoms with E-state index >= 15 is 0 Å². The van der Waals surface area contributed by atoms with Crippen molar-refractivity contribution in [3.8, 4) is 17.3 Å². The Bertz CT molecular complexity index is 1170. The third kappa shape index (κ3) is 4.24. The SMILES string of the molecule is CCOc1ccccc1-n1c(O)c(/C=N/NC(=O)c2ccccc2)c(=O)[nH]c1=O. The van der Waals surface area contributed by atoms with Gasteiger partial charge in [-0.1, -0.05) is 30.3 Å². The number of ether oxygens (including phenoxy) is 1. The van der Waals surface area contributed by atoms with Gasteiger partial charge >= 0.3 is 5.69 Å². The van der Waals surface area contributed by atoms with Crippen molar-refractivity contribution in [1.29, 1.82) is 0 Å². The van der Waals surface area contributed by atoms with Gasteiger partial charge in [-0.05, 0) is 31.2 Å². The Morgan fingerprint density at radius 2 is 1.86 bits per heavy atom. The van der Waals surface area contributed by atoms with Crippen LogP contribution in [-0.4, -0.2) is 33.4 Å². The van der Waals surface area contributed by atoms with Gasteiger partial charge in [-0.2, -0.15) is 5.10 Å². The fourth-order valence-corrected chi connectivity index (χ4v) is 2.61. The number of carbonyl (C=O) groups is 1. The van der Waals surface area contributed by atoms with Crippen molar-refractivity contribution in [2.24, 2.45) is 5.10 Å². The minimum Gasteiger partial charge on any atom is -0.493 e. The number of hydrazone groups is 1. The molecule has 0 spiro atoms. The number of amides is 1. The first-order valence-corrected chi connectivity index (χ1v) is 8.72. The highest BCUT2D eigenvalue weighted by Crippen LogP contribution is 2.25. The van der Waals surface area contributed by atoms with Crippen LogP contribution in [0.4, 0.5) is 0 Å². The second kappa shape index (κ2) is 8.70. The van der Waals surface area contributed by atoms with E-state index in [-0.39, 0.29) is 11.3 Å². The lowest BCUT2D eigenvalue weighted by atomic mass is 10.2. The highest BCUT2D eigenvalue weighted by atomic mass is 16.5. The molecule has 2 aromatic carbocycles. The van der Waals surface area contributed by atoms with Crippen molar-refractivity contribution in [3.05, 3.63) is 86.6 Å². The van der Waals surface area contributed by atoms with Crippen molar-refractivity contribution in [3.63, 3.8) is 0 Å². The molecule has 0 saturated heterocycles. The number of carbonyl (C=O) groups excluding carboxylic acids is 1. The third-order valence-electron chi connectivity index (χ3n) is 3.92. The fraction of sp³-hybridized carbons (Fsp3) is 0.100. The average molecular weight is 394 g/mol. The standard InChI is InChI=1S/C20H18N4O5/c1-2-29-16-11-7-6-10-15(16)24-19(27)14(18(26)22-20(24)28)12-21-23-17(25)13-8-4-3-5-9-13/h3-12,27H,2H2,1H3,(H,23,25)(H,22,26,28)/b21-12+. The van der Waals surface area contributed by atoms with Crippen molar-refractivity contribution in [2.75, 3.05) is 6.61 Å². The summed E-state index contributed by atoms with van der Waals surface area (Å²) in [4.78, 5) is 38.6. The summed E-state index contributed by atoms with van der Waals surface area (Å²) in [5.74, 6) is -0.781. The molecule has 3 aromatic rings. The number of H-pyrrole nitrogens is 1. The van der Waals surface area contributed by atoms with Crippen molar-refractivity contribution < 1.29 is 14.6 Å². The lowest BCUT2D eigenvalue weighted by Gasteiger charge is -2.13. The van der Waals surface area contributed by atoms with E-state index in [1.807, 2.05) is 0 Å². The van der Waals surface area contributed by atoms with Gasteiger partial charge in [0, 0.05) is 5.56 Å². The first-order valence-electron chi connectivity index (χ1n) is 8.72. The van der Waals surface area contributed by atoms with Crippen LogP contribution < -0.4 is 21.4 Å². The molecule has 0 bridgehead atoms. The number of aromatic hydroxyl groups is 1. The van der Waals surface area contributed by atoms with Crippen LogP contribution in [0.25, 0.3) is 5.69 Å². The quantitative estimate of drug-likeness (QED) is 0.430. The molecule has 1 amide bonds. The van der Waals surface area contributed by atoms with Gasteiger partial charge in [0.2, 0.25) is 5.88 Å². The molecule has 0 fully saturated rings. The zero-order valence-corrected chi connectivity index (χ0v) is 15.5. The van der Waals surface area contributed by atoms with Gasteiger partial charge in [-0.15, -0.1) is 0 Å². The number of nitrogens with zero attached hydrogens (tertiary/aromatic N) is 2. The number of aromatic amines is 1. The van der Waals surface area contributed by atoms with Crippen LogP contribution in [-0.2, 0) is 0 Å². The molecule has 0 aliphatic carbocycles. The normalized spacial score (nSPS) is 10.8. The van der Waals surface area contributed by atoms with E-state index in [0.717, 1.165) is 10.8 Å². The zero-order valence-electron chi connectivity index (χ0n) is 15.5. The lowest BCUT2D eigenvalue weighted by Crippen LogP contribution is -2.32. The van der Waals surface area contributed by atoms with Gasteiger partial charge in [0.05, 0.1) is 18.5 Å². The minimum atomic E-state index is -0.852. The maximum Gasteiger partial charge on any atom is 0.335 e. The Balaban J connectivity index is 1.97. The van der Waals surface area contributed by atoms with Gasteiger partial charge in [-0.3, -0.25) is 14.6 Å². The number of aromatic nitrogens is 2. The fourth-order valence-electron chi connectivity index (χ4n) is 2.61. The smallest absolute Gasteiger partial charge is 0.335 e. The molecule has 148 valence electrons. The molecule has 0 aliphatic rings. The van der Waals surface area contributed by atoms with Gasteiger partial charge in [0.25, 0.3) is 11.5 Å². The molecule has 0 radical (unpaired) electrons. The van der Waals surface area contributed by atoms with E-state index < -0.39 is 23.0 Å². The van der Waals surface area contributed by atoms with Crippen molar-refractivity contribution in [1.82, 2.24) is 15.0 Å². The molecule has 1 aromatic heterocycles. The molecule has 0 atom stereocenters. The summed E-state index contributed by atoms with van der Waals surface area (Å²) < 4.78 is 6.38. The second-order valence-corrected chi connectivity index (χ2v) is 5.80. The Labute approximate surface area is 164 Å². The number of hydrogen-bond acceptors (Lipinski definition) is 6. The van der Waals surface area contributed by atoms with E-state index in [1.54, 1.807) is 61.5 Å². The summed E-state index contributed by atoms with van der Waals surface area (Å²) in [5.41, 5.74) is 0.886. The highest BCUT2D eigenvalue weighted by Gasteiger charge is 2.17. The second-order valence-electron chi connectivity index (χ2n) is 5.80. The summed E-state index contributed by atoms with van der Waals surface area (Å²) in [6.07, 6.45) is 0.967. The minimum absolute atomic E-state index is 0.246. The summed E-state index contributed by atoms with van der Waals surface area (Å²) in [5, 5.41) is 14.3. The van der Waals surface area contributed by atoms with Crippen LogP contribution >= 0.6 is 0 Å². The first kappa shape index (κ1) is 19.6. The van der Waals surface area contributed by atoms with Crippen LogP contribution in [0.3, 0.4) is 0 Å². The molecule has 0 saturated carbocycles. The van der Waals surface area contributed by atoms with Crippen molar-refractivity contribution >= 4 is 12.1 Å². The summed E-state index contributed by atoms with van der Waals surface area (Å²) in [6.45, 7) is 2.12. The maximum atomic E-state index is 12.3. The van der Waals surface area contributed by atoms with Gasteiger partial charge in [0.1, 0.15) is 11.3 Å². The monoisotopic (exact) mass is 394 g/mol. The van der Waals surface area contributed by atoms with Gasteiger partial charge < -0.3 is 9.84 Å². The van der Waals surface area contributed by atoms with Crippen molar-refractivity contribution in [2.45, 2.75) is 6.92 Å². The number of nitrogens with one attached hydrogen (secondary N) is 2. The zero-order chi connectivity index (χ0) is 20.8. The maximum absolute atomic E-state index is 12.3. The number of hydrogen-bond donors (Lipinski definition) is 3. The average Bonchev–Trinajstić information content (AvgIpc) is 2.72. The highest BCUT2D eigenvalue weighted by molar-refractivity contribution is 5.94. The molecule has 29 heavy (non-hydrogen) atoms. The predicted octanol–water partition coefficient (Wildman–Crippen LogP) is 1.39. The van der Waals surface area contributed by atoms with E-state index in [0.29, 0.717) is 17.9 Å². The van der Waals surface area contributed by atoms with Crippen LogP contribution in [0.15, 0.2) is 69.3 Å². The Morgan fingerprint density at radius 1 is 1.17 bits per heavy atom. The van der Waals surface area contributed by atoms with Crippen LogP contribution in [0.2, 0.25) is 0 Å². The Morgan fingerprint density at radius 3 is 2.59 bits per heavy atom. The van der Waals surface area contributed by atoms with E-state index in [2.05, 4.69) is 15.5 Å². The molecule has 0 unspecified atom stereocenters. The van der Waals surface area contributed by atoms with Crippen LogP contribution in [0, 0.1) is 0 Å². The number of benzene rings is 2. The van der Waals surface area contributed by atoms with Gasteiger partial charge in [0.15, 0.2) is 0 Å². The Hall–Kier alpha value is -4.14. The molecular formula is C20H18N4O5.